The summed E-state index contributed by atoms with van der Waals surface area (Å²) in [7, 11) is 0. The third kappa shape index (κ3) is 3.60. The number of nitrogens with zero attached hydrogens (tertiary/aromatic N) is 3. The van der Waals surface area contributed by atoms with Crippen LogP contribution < -0.4 is 5.32 Å². The van der Waals surface area contributed by atoms with E-state index in [1.54, 1.807) is 0 Å². The normalized spacial score (nSPS) is 20.5. The van der Waals surface area contributed by atoms with E-state index in [1.807, 2.05) is 16.9 Å². The van der Waals surface area contributed by atoms with Gasteiger partial charge in [0, 0.05) is 24.8 Å². The lowest BCUT2D eigenvalue weighted by molar-refractivity contribution is 0.194. The third-order valence-electron chi connectivity index (χ3n) is 5.24. The first-order chi connectivity index (χ1) is 10.8. The second-order valence-corrected chi connectivity index (χ2v) is 6.84. The minimum atomic E-state index is 0. The Labute approximate surface area is 144 Å². The molecule has 2 aliphatic heterocycles. The Balaban J connectivity index is 0.00000156. The number of hydrogen-bond donors (Lipinski definition) is 1. The second-order valence-electron chi connectivity index (χ2n) is 6.84. The predicted molar refractivity (Wildman–Crippen MR) is 95.2 cm³/mol. The SMILES string of the molecule is Cl.c1ccc(-n2cc(CN3CCC4(CCNCC4)C3)cn2)cc1. The van der Waals surface area contributed by atoms with Crippen LogP contribution in [-0.2, 0) is 6.54 Å². The van der Waals surface area contributed by atoms with Crippen molar-refractivity contribution in [2.45, 2.75) is 25.8 Å². The zero-order chi connectivity index (χ0) is 14.8. The Kier molecular flexibility index (Phi) is 5.05. The van der Waals surface area contributed by atoms with Gasteiger partial charge in [0.2, 0.25) is 0 Å². The molecule has 5 heteroatoms. The van der Waals surface area contributed by atoms with Crippen molar-refractivity contribution >= 4 is 12.4 Å². The Morgan fingerprint density at radius 1 is 1.09 bits per heavy atom. The first-order valence-electron chi connectivity index (χ1n) is 8.35. The minimum Gasteiger partial charge on any atom is -0.317 e. The molecule has 2 saturated heterocycles. The molecule has 0 amide bonds. The fourth-order valence-corrected chi connectivity index (χ4v) is 3.95. The molecule has 2 aromatic rings. The van der Waals surface area contributed by atoms with E-state index in [-0.39, 0.29) is 12.4 Å². The number of likely N-dealkylation sites (tertiary alicyclic amines) is 1. The second kappa shape index (κ2) is 7.04. The van der Waals surface area contributed by atoms with E-state index in [1.165, 1.54) is 51.0 Å². The van der Waals surface area contributed by atoms with E-state index in [4.69, 9.17) is 0 Å². The fourth-order valence-electron chi connectivity index (χ4n) is 3.95. The molecule has 124 valence electrons. The zero-order valence-corrected chi connectivity index (χ0v) is 14.3. The molecule has 4 nitrogen and oxygen atoms in total. The number of rotatable bonds is 3. The molecule has 1 aromatic heterocycles. The smallest absolute Gasteiger partial charge is 0.0645 e. The molecule has 4 rings (SSSR count). The largest absolute Gasteiger partial charge is 0.317 e. The van der Waals surface area contributed by atoms with Crippen LogP contribution in [0, 0.1) is 5.41 Å². The van der Waals surface area contributed by atoms with Crippen LogP contribution in [0.1, 0.15) is 24.8 Å². The number of benzene rings is 1. The molecule has 0 saturated carbocycles. The molecule has 1 aromatic carbocycles. The average molecular weight is 333 g/mol. The lowest BCUT2D eigenvalue weighted by Gasteiger charge is -2.33. The monoisotopic (exact) mass is 332 g/mol. The summed E-state index contributed by atoms with van der Waals surface area (Å²) in [5, 5.41) is 8.00. The van der Waals surface area contributed by atoms with Crippen molar-refractivity contribution in [3.63, 3.8) is 0 Å². The van der Waals surface area contributed by atoms with Gasteiger partial charge in [-0.3, -0.25) is 4.90 Å². The average Bonchev–Trinajstić information content (AvgIpc) is 3.17. The number of piperidine rings is 1. The molecule has 3 heterocycles. The Morgan fingerprint density at radius 2 is 1.87 bits per heavy atom. The van der Waals surface area contributed by atoms with Gasteiger partial charge >= 0.3 is 0 Å². The van der Waals surface area contributed by atoms with Gasteiger partial charge in [0.1, 0.15) is 0 Å². The van der Waals surface area contributed by atoms with Crippen LogP contribution in [0.3, 0.4) is 0 Å². The first-order valence-corrected chi connectivity index (χ1v) is 8.35. The summed E-state index contributed by atoms with van der Waals surface area (Å²) in [5.41, 5.74) is 3.03. The summed E-state index contributed by atoms with van der Waals surface area (Å²) in [6, 6.07) is 10.3. The van der Waals surface area contributed by atoms with Crippen molar-refractivity contribution in [2.24, 2.45) is 5.41 Å². The quantitative estimate of drug-likeness (QED) is 0.938. The number of hydrogen-bond acceptors (Lipinski definition) is 3. The van der Waals surface area contributed by atoms with E-state index >= 15 is 0 Å². The van der Waals surface area contributed by atoms with Crippen LogP contribution in [0.15, 0.2) is 42.7 Å². The highest BCUT2D eigenvalue weighted by Gasteiger charge is 2.38. The molecule has 0 aliphatic carbocycles. The van der Waals surface area contributed by atoms with Crippen LogP contribution >= 0.6 is 12.4 Å². The van der Waals surface area contributed by atoms with Crippen LogP contribution in [-0.4, -0.2) is 40.9 Å². The zero-order valence-electron chi connectivity index (χ0n) is 13.4. The van der Waals surface area contributed by atoms with Gasteiger partial charge in [-0.2, -0.15) is 5.10 Å². The lowest BCUT2D eigenvalue weighted by atomic mass is 9.78. The molecule has 23 heavy (non-hydrogen) atoms. The summed E-state index contributed by atoms with van der Waals surface area (Å²) in [5.74, 6) is 0. The molecule has 1 N–H and O–H groups in total. The van der Waals surface area contributed by atoms with Crippen molar-refractivity contribution in [2.75, 3.05) is 26.2 Å². The van der Waals surface area contributed by atoms with Crippen LogP contribution in [0.4, 0.5) is 0 Å². The van der Waals surface area contributed by atoms with Crippen LogP contribution in [0.25, 0.3) is 5.69 Å². The fraction of sp³-hybridized carbons (Fsp3) is 0.500. The summed E-state index contributed by atoms with van der Waals surface area (Å²) in [4.78, 5) is 2.61. The maximum Gasteiger partial charge on any atom is 0.0645 e. The van der Waals surface area contributed by atoms with Crippen LogP contribution in [0.5, 0.6) is 0 Å². The summed E-state index contributed by atoms with van der Waals surface area (Å²) >= 11 is 0. The molecular formula is C18H25ClN4. The number of aromatic nitrogens is 2. The van der Waals surface area contributed by atoms with Gasteiger partial charge in [-0.05, 0) is 56.4 Å². The van der Waals surface area contributed by atoms with E-state index in [2.05, 4.69) is 45.8 Å². The summed E-state index contributed by atoms with van der Waals surface area (Å²) in [6.07, 6.45) is 8.23. The van der Waals surface area contributed by atoms with E-state index in [0.717, 1.165) is 12.2 Å². The van der Waals surface area contributed by atoms with Crippen LogP contribution in [0.2, 0.25) is 0 Å². The number of para-hydroxylation sites is 1. The Morgan fingerprint density at radius 3 is 2.65 bits per heavy atom. The van der Waals surface area contributed by atoms with E-state index in [0.29, 0.717) is 5.41 Å². The molecule has 2 fully saturated rings. The molecule has 1 spiro atoms. The van der Waals surface area contributed by atoms with E-state index in [9.17, 15) is 0 Å². The first kappa shape index (κ1) is 16.5. The maximum atomic E-state index is 4.51. The Hall–Kier alpha value is -1.36. The highest BCUT2D eigenvalue weighted by atomic mass is 35.5. The van der Waals surface area contributed by atoms with Gasteiger partial charge in [-0.15, -0.1) is 12.4 Å². The van der Waals surface area contributed by atoms with E-state index < -0.39 is 0 Å². The summed E-state index contributed by atoms with van der Waals surface area (Å²) in [6.45, 7) is 5.91. The highest BCUT2D eigenvalue weighted by molar-refractivity contribution is 5.85. The molecule has 0 unspecified atom stereocenters. The van der Waals surface area contributed by atoms with Crippen molar-refractivity contribution in [1.82, 2.24) is 20.0 Å². The minimum absolute atomic E-state index is 0. The molecular weight excluding hydrogens is 308 g/mol. The maximum absolute atomic E-state index is 4.51. The third-order valence-corrected chi connectivity index (χ3v) is 5.24. The molecule has 0 bridgehead atoms. The van der Waals surface area contributed by atoms with Crippen molar-refractivity contribution in [3.05, 3.63) is 48.3 Å². The van der Waals surface area contributed by atoms with Crippen molar-refractivity contribution in [3.8, 4) is 5.69 Å². The van der Waals surface area contributed by atoms with Gasteiger partial charge < -0.3 is 5.32 Å². The Bertz CT molecular complexity index is 619. The molecule has 2 aliphatic rings. The van der Waals surface area contributed by atoms with Crippen molar-refractivity contribution < 1.29 is 0 Å². The highest BCUT2D eigenvalue weighted by Crippen LogP contribution is 2.38. The predicted octanol–water partition coefficient (Wildman–Crippen LogP) is 2.87. The molecule has 0 radical (unpaired) electrons. The standard InChI is InChI=1S/C18H24N4.ClH/c1-2-4-17(5-3-1)22-14-16(12-20-22)13-21-11-8-18(15-21)6-9-19-10-7-18;/h1-5,12,14,19H,6-11,13,15H2;1H. The molecule has 0 atom stereocenters. The lowest BCUT2D eigenvalue weighted by Crippen LogP contribution is -2.38. The van der Waals surface area contributed by atoms with Gasteiger partial charge in [0.15, 0.2) is 0 Å². The van der Waals surface area contributed by atoms with Gasteiger partial charge in [0.05, 0.1) is 11.9 Å². The van der Waals surface area contributed by atoms with Gasteiger partial charge in [-0.25, -0.2) is 4.68 Å². The number of halogens is 1. The summed E-state index contributed by atoms with van der Waals surface area (Å²) < 4.78 is 1.98. The van der Waals surface area contributed by atoms with Gasteiger partial charge in [0.25, 0.3) is 0 Å². The van der Waals surface area contributed by atoms with Gasteiger partial charge in [-0.1, -0.05) is 18.2 Å². The number of nitrogens with one attached hydrogen (secondary N) is 1. The van der Waals surface area contributed by atoms with Crippen molar-refractivity contribution in [1.29, 1.82) is 0 Å². The topological polar surface area (TPSA) is 33.1 Å².